The van der Waals surface area contributed by atoms with E-state index < -0.39 is 18.0 Å². The topological polar surface area (TPSA) is 89.2 Å². The number of nitrogens with zero attached hydrogens (tertiary/aromatic N) is 3. The molecule has 1 aromatic carbocycles. The van der Waals surface area contributed by atoms with Crippen molar-refractivity contribution in [3.05, 3.63) is 45.6 Å². The summed E-state index contributed by atoms with van der Waals surface area (Å²) in [6.45, 7) is 1.82. The Morgan fingerprint density at radius 3 is 2.82 bits per heavy atom. The molecule has 0 bridgehead atoms. The summed E-state index contributed by atoms with van der Waals surface area (Å²) >= 11 is 0. The van der Waals surface area contributed by atoms with Crippen molar-refractivity contribution in [2.45, 2.75) is 25.6 Å². The van der Waals surface area contributed by atoms with E-state index in [9.17, 15) is 14.6 Å². The summed E-state index contributed by atoms with van der Waals surface area (Å²) in [6.07, 6.45) is -2.39. The quantitative estimate of drug-likeness (QED) is 0.468. The van der Waals surface area contributed by atoms with Crippen LogP contribution in [0.15, 0.2) is 23.3 Å². The maximum absolute atomic E-state index is 13.4. The van der Waals surface area contributed by atoms with E-state index in [1.54, 1.807) is 13.0 Å². The van der Waals surface area contributed by atoms with Crippen LogP contribution >= 0.6 is 0 Å². The molecule has 6 heteroatoms. The number of hydrogen-bond acceptors (Lipinski definition) is 3. The number of aliphatic hydroxyl groups excluding tert-OH is 2. The van der Waals surface area contributed by atoms with Gasteiger partial charge in [-0.2, -0.15) is 0 Å². The van der Waals surface area contributed by atoms with Crippen molar-refractivity contribution in [1.29, 1.82) is 0 Å². The van der Waals surface area contributed by atoms with Gasteiger partial charge >= 0.3 is 0 Å². The average molecular weight is 239 g/mol. The van der Waals surface area contributed by atoms with Gasteiger partial charge in [0.2, 0.25) is 0 Å². The Balaban J connectivity index is 2.76. The molecule has 2 unspecified atom stereocenters. The van der Waals surface area contributed by atoms with E-state index in [0.29, 0.717) is 0 Å². The predicted molar refractivity (Wildman–Crippen MR) is 60.7 cm³/mol. The molecule has 2 atom stereocenters. The SMILES string of the molecule is Cc1ccc(F)c(C(O)C(O)CCN=[N+]=[N-])c1. The number of rotatable bonds is 5. The molecule has 0 aromatic heterocycles. The van der Waals surface area contributed by atoms with Gasteiger partial charge in [-0.05, 0) is 24.9 Å². The number of benzene rings is 1. The van der Waals surface area contributed by atoms with Crippen LogP contribution in [0.4, 0.5) is 4.39 Å². The second-order valence-electron chi connectivity index (χ2n) is 3.78. The summed E-state index contributed by atoms with van der Waals surface area (Å²) in [5, 5.41) is 22.6. The van der Waals surface area contributed by atoms with Crippen LogP contribution in [0.3, 0.4) is 0 Å². The molecule has 0 heterocycles. The van der Waals surface area contributed by atoms with Crippen LogP contribution in [0.25, 0.3) is 10.4 Å². The number of aryl methyl sites for hydroxylation is 1. The van der Waals surface area contributed by atoms with E-state index in [4.69, 9.17) is 5.53 Å². The first-order chi connectivity index (χ1) is 8.06. The third kappa shape index (κ3) is 3.71. The highest BCUT2D eigenvalue weighted by molar-refractivity contribution is 5.26. The normalized spacial score (nSPS) is 13.9. The van der Waals surface area contributed by atoms with Gasteiger partial charge in [0.1, 0.15) is 11.9 Å². The van der Waals surface area contributed by atoms with Crippen LogP contribution in [0.2, 0.25) is 0 Å². The number of azide groups is 1. The lowest BCUT2D eigenvalue weighted by Gasteiger charge is -2.18. The zero-order chi connectivity index (χ0) is 12.8. The molecular weight excluding hydrogens is 225 g/mol. The largest absolute Gasteiger partial charge is 0.390 e. The van der Waals surface area contributed by atoms with E-state index in [0.717, 1.165) is 5.56 Å². The minimum absolute atomic E-state index is 0.0541. The number of hydrogen-bond donors (Lipinski definition) is 2. The molecule has 17 heavy (non-hydrogen) atoms. The van der Waals surface area contributed by atoms with Crippen molar-refractivity contribution in [2.24, 2.45) is 5.11 Å². The van der Waals surface area contributed by atoms with Crippen LogP contribution in [-0.4, -0.2) is 22.9 Å². The molecule has 0 saturated carbocycles. The molecule has 0 saturated heterocycles. The third-order valence-corrected chi connectivity index (χ3v) is 2.42. The molecule has 0 fully saturated rings. The zero-order valence-electron chi connectivity index (χ0n) is 9.41. The van der Waals surface area contributed by atoms with Crippen molar-refractivity contribution in [1.82, 2.24) is 0 Å². The molecule has 92 valence electrons. The van der Waals surface area contributed by atoms with Gasteiger partial charge in [0, 0.05) is 17.0 Å². The molecule has 0 aliphatic carbocycles. The van der Waals surface area contributed by atoms with E-state index in [1.807, 2.05) is 0 Å². The van der Waals surface area contributed by atoms with Crippen LogP contribution in [0.1, 0.15) is 23.7 Å². The summed E-state index contributed by atoms with van der Waals surface area (Å²) in [5.74, 6) is -0.564. The third-order valence-electron chi connectivity index (χ3n) is 2.42. The fraction of sp³-hybridized carbons (Fsp3) is 0.455. The Hall–Kier alpha value is -1.62. The van der Waals surface area contributed by atoms with Gasteiger partial charge < -0.3 is 10.2 Å². The fourth-order valence-corrected chi connectivity index (χ4v) is 1.49. The minimum Gasteiger partial charge on any atom is -0.390 e. The van der Waals surface area contributed by atoms with E-state index >= 15 is 0 Å². The van der Waals surface area contributed by atoms with Gasteiger partial charge in [-0.15, -0.1) is 0 Å². The van der Waals surface area contributed by atoms with Gasteiger partial charge in [-0.1, -0.05) is 22.8 Å². The van der Waals surface area contributed by atoms with E-state index in [2.05, 4.69) is 10.0 Å². The lowest BCUT2D eigenvalue weighted by molar-refractivity contribution is 0.0129. The van der Waals surface area contributed by atoms with E-state index in [1.165, 1.54) is 12.1 Å². The molecule has 0 radical (unpaired) electrons. The average Bonchev–Trinajstić information content (AvgIpc) is 2.31. The molecule has 2 N–H and O–H groups in total. The molecule has 1 rings (SSSR count). The van der Waals surface area contributed by atoms with Crippen molar-refractivity contribution >= 4 is 0 Å². The van der Waals surface area contributed by atoms with Gasteiger partial charge in [-0.3, -0.25) is 0 Å². The summed E-state index contributed by atoms with van der Waals surface area (Å²) in [6, 6.07) is 4.31. The second-order valence-corrected chi connectivity index (χ2v) is 3.78. The Kier molecular flexibility index (Phi) is 4.90. The minimum atomic E-state index is -1.32. The number of aliphatic hydroxyl groups is 2. The highest BCUT2D eigenvalue weighted by Gasteiger charge is 2.21. The highest BCUT2D eigenvalue weighted by atomic mass is 19.1. The molecule has 5 nitrogen and oxygen atoms in total. The van der Waals surface area contributed by atoms with Crippen molar-refractivity contribution in [3.8, 4) is 0 Å². The first-order valence-corrected chi connectivity index (χ1v) is 5.19. The zero-order valence-corrected chi connectivity index (χ0v) is 9.41. The van der Waals surface area contributed by atoms with E-state index in [-0.39, 0.29) is 18.5 Å². The predicted octanol–water partition coefficient (Wildman–Crippen LogP) is 2.23. The van der Waals surface area contributed by atoms with Crippen molar-refractivity contribution < 1.29 is 14.6 Å². The lowest BCUT2D eigenvalue weighted by atomic mass is 10.00. The van der Waals surface area contributed by atoms with Gasteiger partial charge in [0.05, 0.1) is 6.10 Å². The summed E-state index contributed by atoms with van der Waals surface area (Å²) in [4.78, 5) is 2.53. The van der Waals surface area contributed by atoms with Gasteiger partial charge in [0.15, 0.2) is 0 Å². The smallest absolute Gasteiger partial charge is 0.129 e. The van der Waals surface area contributed by atoms with Crippen molar-refractivity contribution in [2.75, 3.05) is 6.54 Å². The first kappa shape index (κ1) is 13.4. The summed E-state index contributed by atoms with van der Waals surface area (Å²) in [7, 11) is 0. The van der Waals surface area contributed by atoms with Crippen molar-refractivity contribution in [3.63, 3.8) is 0 Å². The Labute approximate surface area is 98.1 Å². The maximum Gasteiger partial charge on any atom is 0.129 e. The standard InChI is InChI=1S/C11H14FN3O2/c1-7-2-3-9(12)8(6-7)11(17)10(16)4-5-14-15-13/h2-3,6,10-11,16-17H,4-5H2,1H3. The first-order valence-electron chi connectivity index (χ1n) is 5.19. The molecule has 1 aromatic rings. The number of halogens is 1. The molecule has 0 amide bonds. The Bertz CT molecular complexity index is 433. The van der Waals surface area contributed by atoms with Crippen LogP contribution in [-0.2, 0) is 0 Å². The highest BCUT2D eigenvalue weighted by Crippen LogP contribution is 2.23. The Morgan fingerprint density at radius 1 is 1.47 bits per heavy atom. The second kappa shape index (κ2) is 6.20. The molecular formula is C11H14FN3O2. The maximum atomic E-state index is 13.4. The van der Waals surface area contributed by atoms with Crippen LogP contribution in [0.5, 0.6) is 0 Å². The van der Waals surface area contributed by atoms with Gasteiger partial charge in [-0.25, -0.2) is 4.39 Å². The molecule has 0 spiro atoms. The monoisotopic (exact) mass is 239 g/mol. The fourth-order valence-electron chi connectivity index (χ4n) is 1.49. The Morgan fingerprint density at radius 2 is 2.18 bits per heavy atom. The molecule has 0 aliphatic rings. The summed E-state index contributed by atoms with van der Waals surface area (Å²) < 4.78 is 13.4. The van der Waals surface area contributed by atoms with Gasteiger partial charge in [0.25, 0.3) is 0 Å². The van der Waals surface area contributed by atoms with Crippen LogP contribution < -0.4 is 0 Å². The summed E-state index contributed by atoms with van der Waals surface area (Å²) in [5.41, 5.74) is 8.92. The van der Waals surface area contributed by atoms with Crippen LogP contribution in [0, 0.1) is 12.7 Å². The molecule has 0 aliphatic heterocycles. The lowest BCUT2D eigenvalue weighted by Crippen LogP contribution is -2.20.